The average Bonchev–Trinajstić information content (AvgIpc) is 2.36. The Balaban J connectivity index is 2.32. The second-order valence-electron chi connectivity index (χ2n) is 4.50. The van der Waals surface area contributed by atoms with Gasteiger partial charge in [0.25, 0.3) is 0 Å². The van der Waals surface area contributed by atoms with Gasteiger partial charge in [-0.15, -0.1) is 0 Å². The van der Waals surface area contributed by atoms with Crippen LogP contribution in [0.1, 0.15) is 13.8 Å². The lowest BCUT2D eigenvalue weighted by atomic mass is 10.1. The van der Waals surface area contributed by atoms with E-state index < -0.39 is 0 Å². The normalized spacial score (nSPS) is 10.6. The summed E-state index contributed by atoms with van der Waals surface area (Å²) in [7, 11) is 0. The van der Waals surface area contributed by atoms with Gasteiger partial charge in [0, 0.05) is 11.8 Å². The summed E-state index contributed by atoms with van der Waals surface area (Å²) in [6.07, 6.45) is 1.65. The van der Waals surface area contributed by atoms with Crippen LogP contribution < -0.4 is 10.5 Å². The summed E-state index contributed by atoms with van der Waals surface area (Å²) in [5, 5.41) is 0. The topological polar surface area (TPSA) is 61.0 Å². The summed E-state index contributed by atoms with van der Waals surface area (Å²) in [4.78, 5) is 8.11. The molecule has 94 valence electrons. The lowest BCUT2D eigenvalue weighted by Gasteiger charge is -2.12. The molecule has 1 aromatic heterocycles. The van der Waals surface area contributed by atoms with E-state index >= 15 is 0 Å². The minimum atomic E-state index is 0.270. The number of ether oxygens (including phenoxy) is 1. The smallest absolute Gasteiger partial charge is 0.220 e. The molecular formula is C14H17N3O. The number of hydrogen-bond donors (Lipinski definition) is 1. The van der Waals surface area contributed by atoms with Crippen LogP contribution in [-0.4, -0.2) is 16.6 Å². The lowest BCUT2D eigenvalue weighted by molar-refractivity contribution is 0.272. The predicted molar refractivity (Wildman–Crippen MR) is 72.2 cm³/mol. The van der Waals surface area contributed by atoms with Crippen LogP contribution in [0.4, 0.5) is 5.95 Å². The molecule has 0 amide bonds. The zero-order valence-electron chi connectivity index (χ0n) is 10.6. The second-order valence-corrected chi connectivity index (χ2v) is 4.50. The fourth-order valence-electron chi connectivity index (χ4n) is 1.58. The number of nitrogens with zero attached hydrogens (tertiary/aromatic N) is 2. The molecule has 0 spiro atoms. The van der Waals surface area contributed by atoms with Crippen LogP contribution in [0.15, 0.2) is 36.5 Å². The van der Waals surface area contributed by atoms with E-state index in [1.54, 1.807) is 6.20 Å². The van der Waals surface area contributed by atoms with Gasteiger partial charge < -0.3 is 10.5 Å². The molecular weight excluding hydrogens is 226 g/mol. The highest BCUT2D eigenvalue weighted by Gasteiger charge is 2.08. The molecule has 0 saturated heterocycles. The third-order valence-electron chi connectivity index (χ3n) is 2.41. The molecule has 2 aromatic rings. The number of rotatable bonds is 4. The molecule has 2 N–H and O–H groups in total. The number of para-hydroxylation sites is 1. The summed E-state index contributed by atoms with van der Waals surface area (Å²) in [6.45, 7) is 4.91. The average molecular weight is 243 g/mol. The maximum absolute atomic E-state index is 5.79. The third kappa shape index (κ3) is 2.97. The van der Waals surface area contributed by atoms with Crippen molar-refractivity contribution < 1.29 is 4.74 Å². The van der Waals surface area contributed by atoms with Gasteiger partial charge in [0.1, 0.15) is 5.75 Å². The monoisotopic (exact) mass is 243 g/mol. The zero-order valence-corrected chi connectivity index (χ0v) is 10.6. The van der Waals surface area contributed by atoms with Crippen LogP contribution in [0.2, 0.25) is 0 Å². The van der Waals surface area contributed by atoms with E-state index in [1.807, 2.05) is 30.3 Å². The Morgan fingerprint density at radius 1 is 1.22 bits per heavy atom. The zero-order chi connectivity index (χ0) is 13.0. The molecule has 4 nitrogen and oxygen atoms in total. The lowest BCUT2D eigenvalue weighted by Crippen LogP contribution is -2.05. The highest BCUT2D eigenvalue weighted by atomic mass is 16.5. The van der Waals surface area contributed by atoms with Gasteiger partial charge in [0.15, 0.2) is 0 Å². The van der Waals surface area contributed by atoms with E-state index in [2.05, 4.69) is 23.8 Å². The Morgan fingerprint density at radius 2 is 2.00 bits per heavy atom. The molecule has 4 heteroatoms. The van der Waals surface area contributed by atoms with Gasteiger partial charge in [-0.2, -0.15) is 0 Å². The van der Waals surface area contributed by atoms with E-state index in [0.717, 1.165) is 17.0 Å². The van der Waals surface area contributed by atoms with Crippen molar-refractivity contribution in [2.75, 3.05) is 12.3 Å². The maximum Gasteiger partial charge on any atom is 0.220 e. The first kappa shape index (κ1) is 12.4. The predicted octanol–water partition coefficient (Wildman–Crippen LogP) is 2.76. The Bertz CT molecular complexity index is 526. The van der Waals surface area contributed by atoms with Crippen molar-refractivity contribution in [1.82, 2.24) is 9.97 Å². The van der Waals surface area contributed by atoms with Crippen molar-refractivity contribution in [2.24, 2.45) is 5.92 Å². The molecule has 0 atom stereocenters. The number of aromatic nitrogens is 2. The van der Waals surface area contributed by atoms with Gasteiger partial charge in [-0.3, -0.25) is 0 Å². The van der Waals surface area contributed by atoms with Gasteiger partial charge in [0.2, 0.25) is 5.95 Å². The van der Waals surface area contributed by atoms with Crippen LogP contribution in [0.5, 0.6) is 5.75 Å². The number of anilines is 1. The van der Waals surface area contributed by atoms with Crippen LogP contribution in [-0.2, 0) is 0 Å². The Morgan fingerprint density at radius 3 is 2.72 bits per heavy atom. The molecule has 1 aromatic carbocycles. The molecule has 1 heterocycles. The molecule has 0 radical (unpaired) electrons. The molecule has 0 aliphatic carbocycles. The van der Waals surface area contributed by atoms with Gasteiger partial charge in [-0.25, -0.2) is 9.97 Å². The fourth-order valence-corrected chi connectivity index (χ4v) is 1.58. The summed E-state index contributed by atoms with van der Waals surface area (Å²) in [5.41, 5.74) is 7.32. The van der Waals surface area contributed by atoms with Crippen LogP contribution >= 0.6 is 0 Å². The third-order valence-corrected chi connectivity index (χ3v) is 2.41. The molecule has 2 rings (SSSR count). The van der Waals surface area contributed by atoms with Crippen LogP contribution in [0.3, 0.4) is 0 Å². The molecule has 18 heavy (non-hydrogen) atoms. The number of nitrogen functional groups attached to an aromatic ring is 1. The van der Waals surface area contributed by atoms with E-state index in [0.29, 0.717) is 12.5 Å². The molecule has 0 saturated carbocycles. The first-order valence-corrected chi connectivity index (χ1v) is 5.97. The Labute approximate surface area is 107 Å². The molecule has 0 fully saturated rings. The first-order chi connectivity index (χ1) is 8.66. The Kier molecular flexibility index (Phi) is 3.77. The number of benzene rings is 1. The SMILES string of the molecule is CC(C)COc1ccccc1-c1ccnc(N)n1. The van der Waals surface area contributed by atoms with Crippen molar-refractivity contribution in [2.45, 2.75) is 13.8 Å². The second kappa shape index (κ2) is 5.49. The van der Waals surface area contributed by atoms with E-state index in [1.165, 1.54) is 0 Å². The quantitative estimate of drug-likeness (QED) is 0.897. The van der Waals surface area contributed by atoms with E-state index in [-0.39, 0.29) is 5.95 Å². The van der Waals surface area contributed by atoms with Crippen molar-refractivity contribution in [3.63, 3.8) is 0 Å². The fraction of sp³-hybridized carbons (Fsp3) is 0.286. The van der Waals surface area contributed by atoms with Gasteiger partial charge >= 0.3 is 0 Å². The summed E-state index contributed by atoms with van der Waals surface area (Å²) in [5.74, 6) is 1.57. The van der Waals surface area contributed by atoms with Gasteiger partial charge in [0.05, 0.1) is 12.3 Å². The summed E-state index contributed by atoms with van der Waals surface area (Å²) >= 11 is 0. The maximum atomic E-state index is 5.79. The van der Waals surface area contributed by atoms with Crippen LogP contribution in [0, 0.1) is 5.92 Å². The van der Waals surface area contributed by atoms with E-state index in [9.17, 15) is 0 Å². The number of hydrogen-bond acceptors (Lipinski definition) is 4. The molecule has 0 unspecified atom stereocenters. The number of nitrogens with two attached hydrogens (primary N) is 1. The van der Waals surface area contributed by atoms with Gasteiger partial charge in [-0.05, 0) is 24.1 Å². The van der Waals surface area contributed by atoms with Crippen molar-refractivity contribution in [3.05, 3.63) is 36.5 Å². The van der Waals surface area contributed by atoms with Crippen molar-refractivity contribution >= 4 is 5.95 Å². The standard InChI is InChI=1S/C14H17N3O/c1-10(2)9-18-13-6-4-3-5-11(13)12-7-8-16-14(15)17-12/h3-8,10H,9H2,1-2H3,(H2,15,16,17). The molecule has 0 bridgehead atoms. The van der Waals surface area contributed by atoms with Crippen molar-refractivity contribution in [1.29, 1.82) is 0 Å². The Hall–Kier alpha value is -2.10. The summed E-state index contributed by atoms with van der Waals surface area (Å²) < 4.78 is 5.79. The van der Waals surface area contributed by atoms with Crippen LogP contribution in [0.25, 0.3) is 11.3 Å². The first-order valence-electron chi connectivity index (χ1n) is 5.97. The van der Waals surface area contributed by atoms with Crippen molar-refractivity contribution in [3.8, 4) is 17.0 Å². The van der Waals surface area contributed by atoms with E-state index in [4.69, 9.17) is 10.5 Å². The van der Waals surface area contributed by atoms with Gasteiger partial charge in [-0.1, -0.05) is 26.0 Å². The molecule has 0 aliphatic heterocycles. The highest BCUT2D eigenvalue weighted by Crippen LogP contribution is 2.28. The summed E-state index contributed by atoms with van der Waals surface area (Å²) in [6, 6.07) is 9.64. The minimum absolute atomic E-state index is 0.270. The highest BCUT2D eigenvalue weighted by molar-refractivity contribution is 5.67. The largest absolute Gasteiger partial charge is 0.493 e. The molecule has 0 aliphatic rings. The minimum Gasteiger partial charge on any atom is -0.493 e.